The summed E-state index contributed by atoms with van der Waals surface area (Å²) in [5.41, 5.74) is 2.39. The third-order valence-corrected chi connectivity index (χ3v) is 5.08. The fraction of sp³-hybridized carbons (Fsp3) is 0.227. The van der Waals surface area contributed by atoms with E-state index in [1.54, 1.807) is 31.2 Å². The molecule has 8 heteroatoms. The van der Waals surface area contributed by atoms with Crippen LogP contribution in [-0.4, -0.2) is 22.5 Å². The number of nitrogens with zero attached hydrogens (tertiary/aromatic N) is 2. The maximum atomic E-state index is 14.4. The first kappa shape index (κ1) is 19.6. The van der Waals surface area contributed by atoms with Gasteiger partial charge in [-0.2, -0.15) is 5.26 Å². The molecule has 0 radical (unpaired) electrons. The molecule has 0 aliphatic heterocycles. The molecular weight excluding hydrogens is 387 g/mol. The van der Waals surface area contributed by atoms with E-state index < -0.39 is 5.82 Å². The van der Waals surface area contributed by atoms with Gasteiger partial charge >= 0.3 is 0 Å². The Morgan fingerprint density at radius 2 is 2.27 bits per heavy atom. The van der Waals surface area contributed by atoms with Gasteiger partial charge in [0, 0.05) is 18.2 Å². The number of rotatable bonds is 6. The van der Waals surface area contributed by atoms with E-state index in [0.717, 1.165) is 5.56 Å². The number of aromatic nitrogens is 1. The number of nitrogens with one attached hydrogen (secondary N) is 2. The molecule has 1 unspecified atom stereocenters. The van der Waals surface area contributed by atoms with Crippen LogP contribution in [0.4, 0.5) is 10.1 Å². The first-order valence-electron chi connectivity index (χ1n) is 9.40. The first-order valence-corrected chi connectivity index (χ1v) is 9.40. The highest BCUT2D eigenvalue weighted by molar-refractivity contribution is 6.12. The lowest BCUT2D eigenvalue weighted by Gasteiger charge is -2.18. The molecule has 1 aliphatic carbocycles. The molecule has 1 heterocycles. The number of anilines is 1. The summed E-state index contributed by atoms with van der Waals surface area (Å²) >= 11 is 0. The molecule has 4 rings (SSSR count). The minimum atomic E-state index is -0.480. The molecule has 1 aliphatic rings. The Kier molecular flexibility index (Phi) is 5.21. The second kappa shape index (κ2) is 7.97. The zero-order chi connectivity index (χ0) is 21.3. The maximum Gasteiger partial charge on any atom is 0.191 e. The molecule has 1 atom stereocenters. The van der Waals surface area contributed by atoms with Crippen molar-refractivity contribution in [3.63, 3.8) is 0 Å². The number of aliphatic hydroxyl groups excluding tert-OH is 1. The third kappa shape index (κ3) is 3.51. The van der Waals surface area contributed by atoms with Crippen molar-refractivity contribution in [2.75, 3.05) is 12.0 Å². The van der Waals surface area contributed by atoms with Crippen LogP contribution in [0, 0.1) is 29.5 Å². The van der Waals surface area contributed by atoms with Crippen LogP contribution in [0.25, 0.3) is 0 Å². The van der Waals surface area contributed by atoms with Crippen molar-refractivity contribution in [3.8, 4) is 11.8 Å². The average molecular weight is 406 g/mol. The summed E-state index contributed by atoms with van der Waals surface area (Å²) in [7, 11) is 0. The second-order valence-electron chi connectivity index (χ2n) is 6.91. The van der Waals surface area contributed by atoms with E-state index in [1.165, 1.54) is 12.3 Å². The largest absolute Gasteiger partial charge is 0.486 e. The van der Waals surface area contributed by atoms with E-state index in [2.05, 4.69) is 10.3 Å². The summed E-state index contributed by atoms with van der Waals surface area (Å²) in [6.45, 7) is 1.39. The lowest BCUT2D eigenvalue weighted by atomic mass is 10.0. The fourth-order valence-electron chi connectivity index (χ4n) is 3.65. The highest BCUT2D eigenvalue weighted by atomic mass is 19.1. The van der Waals surface area contributed by atoms with Crippen molar-refractivity contribution in [1.29, 1.82) is 10.7 Å². The average Bonchev–Trinajstić information content (AvgIpc) is 3.36. The Balaban J connectivity index is 1.65. The van der Waals surface area contributed by atoms with Gasteiger partial charge < -0.3 is 19.6 Å². The summed E-state index contributed by atoms with van der Waals surface area (Å²) in [6, 6.07) is 10.2. The van der Waals surface area contributed by atoms with Gasteiger partial charge in [-0.25, -0.2) is 9.37 Å². The summed E-state index contributed by atoms with van der Waals surface area (Å²) in [5, 5.41) is 29.6. The van der Waals surface area contributed by atoms with Gasteiger partial charge in [-0.3, -0.25) is 5.41 Å². The fourth-order valence-corrected chi connectivity index (χ4v) is 3.65. The number of fused-ring (bicyclic) bond motifs is 1. The number of aryl methyl sites for hydroxylation is 1. The Morgan fingerprint density at radius 3 is 2.97 bits per heavy atom. The van der Waals surface area contributed by atoms with Gasteiger partial charge in [0.05, 0.1) is 11.8 Å². The van der Waals surface area contributed by atoms with Crippen LogP contribution in [0.3, 0.4) is 0 Å². The quantitative estimate of drug-likeness (QED) is 0.423. The molecule has 7 nitrogen and oxygen atoms in total. The Hall–Kier alpha value is -3.70. The van der Waals surface area contributed by atoms with E-state index in [0.29, 0.717) is 47.1 Å². The monoisotopic (exact) mass is 406 g/mol. The summed E-state index contributed by atoms with van der Waals surface area (Å²) < 4.78 is 26.0. The Morgan fingerprint density at radius 1 is 1.43 bits per heavy atom. The van der Waals surface area contributed by atoms with Gasteiger partial charge in [-0.05, 0) is 48.2 Å². The molecule has 0 fully saturated rings. The highest BCUT2D eigenvalue weighted by Crippen LogP contribution is 2.38. The van der Waals surface area contributed by atoms with Crippen LogP contribution in [-0.2, 0) is 6.42 Å². The zero-order valence-electron chi connectivity index (χ0n) is 16.2. The van der Waals surface area contributed by atoms with Gasteiger partial charge in [0.1, 0.15) is 36.2 Å². The van der Waals surface area contributed by atoms with Gasteiger partial charge in [-0.15, -0.1) is 0 Å². The Bertz CT molecular complexity index is 1170. The van der Waals surface area contributed by atoms with Crippen molar-refractivity contribution < 1.29 is 18.7 Å². The molecule has 30 heavy (non-hydrogen) atoms. The van der Waals surface area contributed by atoms with Crippen LogP contribution < -0.4 is 10.1 Å². The van der Waals surface area contributed by atoms with Crippen LogP contribution in [0.1, 0.15) is 46.4 Å². The van der Waals surface area contributed by atoms with Crippen molar-refractivity contribution >= 4 is 11.4 Å². The number of ether oxygens (including phenoxy) is 1. The highest BCUT2D eigenvalue weighted by Gasteiger charge is 2.28. The SMILES string of the molecule is Cc1ncc(C(=N)c2cc(OC3CCc4c3ccc(C#N)c4F)ccc2NCO)o1. The first-order chi connectivity index (χ1) is 14.5. The predicted octanol–water partition coefficient (Wildman–Crippen LogP) is 3.84. The standard InChI is InChI=1S/C22H19FN4O3/c1-12-26-10-20(29-12)22(25)17-8-14(3-6-18(17)27-11-28)30-19-7-5-16-15(19)4-2-13(9-24)21(16)23/h2-4,6,8,10,19,25,27-28H,5,7,11H2,1H3. The van der Waals surface area contributed by atoms with E-state index in [4.69, 9.17) is 19.8 Å². The van der Waals surface area contributed by atoms with Crippen molar-refractivity contribution in [1.82, 2.24) is 4.98 Å². The molecular formula is C22H19FN4O3. The molecule has 1 aromatic heterocycles. The van der Waals surface area contributed by atoms with Crippen LogP contribution in [0.2, 0.25) is 0 Å². The minimum absolute atomic E-state index is 0.0342. The molecule has 0 saturated carbocycles. The van der Waals surface area contributed by atoms with Crippen molar-refractivity contribution in [2.24, 2.45) is 0 Å². The van der Waals surface area contributed by atoms with Gasteiger partial charge in [-0.1, -0.05) is 6.07 Å². The number of nitriles is 1. The van der Waals surface area contributed by atoms with E-state index in [-0.39, 0.29) is 24.1 Å². The van der Waals surface area contributed by atoms with Crippen LogP contribution in [0.15, 0.2) is 40.9 Å². The Labute approximate surface area is 172 Å². The zero-order valence-corrected chi connectivity index (χ0v) is 16.2. The molecule has 3 N–H and O–H groups in total. The summed E-state index contributed by atoms with van der Waals surface area (Å²) in [4.78, 5) is 4.02. The van der Waals surface area contributed by atoms with E-state index >= 15 is 0 Å². The maximum absolute atomic E-state index is 14.4. The molecule has 152 valence electrons. The topological polar surface area (TPSA) is 115 Å². The normalized spacial score (nSPS) is 14.8. The van der Waals surface area contributed by atoms with Gasteiger partial charge in [0.25, 0.3) is 0 Å². The molecule has 0 bridgehead atoms. The molecule has 0 amide bonds. The lowest BCUT2D eigenvalue weighted by molar-refractivity contribution is 0.207. The third-order valence-electron chi connectivity index (χ3n) is 5.08. The number of hydrogen-bond acceptors (Lipinski definition) is 7. The smallest absolute Gasteiger partial charge is 0.191 e. The van der Waals surface area contributed by atoms with Crippen molar-refractivity contribution in [3.05, 3.63) is 76.3 Å². The number of oxazole rings is 1. The molecule has 2 aromatic carbocycles. The second-order valence-corrected chi connectivity index (χ2v) is 6.91. The molecule has 0 saturated heterocycles. The summed E-state index contributed by atoms with van der Waals surface area (Å²) in [6.07, 6.45) is 2.20. The number of hydrogen-bond donors (Lipinski definition) is 3. The number of aliphatic hydroxyl groups is 1. The predicted molar refractivity (Wildman–Crippen MR) is 107 cm³/mol. The minimum Gasteiger partial charge on any atom is -0.486 e. The number of benzene rings is 2. The van der Waals surface area contributed by atoms with E-state index in [1.807, 2.05) is 6.07 Å². The number of halogens is 1. The van der Waals surface area contributed by atoms with Crippen molar-refractivity contribution in [2.45, 2.75) is 25.9 Å². The summed E-state index contributed by atoms with van der Waals surface area (Å²) in [5.74, 6) is 0.756. The van der Waals surface area contributed by atoms with E-state index in [9.17, 15) is 9.50 Å². The van der Waals surface area contributed by atoms with Gasteiger partial charge in [0.15, 0.2) is 11.7 Å². The lowest BCUT2D eigenvalue weighted by Crippen LogP contribution is -2.10. The molecule has 0 spiro atoms. The molecule has 3 aromatic rings. The van der Waals surface area contributed by atoms with Crippen LogP contribution >= 0.6 is 0 Å². The van der Waals surface area contributed by atoms with Crippen LogP contribution in [0.5, 0.6) is 5.75 Å². The van der Waals surface area contributed by atoms with Gasteiger partial charge in [0.2, 0.25) is 0 Å².